The number of nitrogens with zero attached hydrogens (tertiary/aromatic N) is 2. The Kier molecular flexibility index (Phi) is 5.80. The Labute approximate surface area is 137 Å². The van der Waals surface area contributed by atoms with Crippen LogP contribution in [0.4, 0.5) is 8.78 Å². The Morgan fingerprint density at radius 2 is 1.71 bits per heavy atom. The van der Waals surface area contributed by atoms with E-state index in [4.69, 9.17) is 5.73 Å². The summed E-state index contributed by atoms with van der Waals surface area (Å²) in [5, 5.41) is 2.38. The molecule has 7 nitrogen and oxygen atoms in total. The van der Waals surface area contributed by atoms with Crippen LogP contribution in [-0.4, -0.2) is 66.8 Å². The van der Waals surface area contributed by atoms with Crippen molar-refractivity contribution < 1.29 is 23.2 Å². The van der Waals surface area contributed by atoms with Crippen molar-refractivity contribution in [2.45, 2.75) is 0 Å². The lowest BCUT2D eigenvalue weighted by Crippen LogP contribution is -2.53. The number of hydrogen-bond acceptors (Lipinski definition) is 4. The van der Waals surface area contributed by atoms with Gasteiger partial charge < -0.3 is 20.9 Å². The molecule has 0 spiro atoms. The number of rotatable bonds is 4. The predicted octanol–water partition coefficient (Wildman–Crippen LogP) is -0.676. The molecule has 24 heavy (non-hydrogen) atoms. The van der Waals surface area contributed by atoms with Crippen LogP contribution in [0.25, 0.3) is 0 Å². The van der Waals surface area contributed by atoms with Crippen LogP contribution in [0.1, 0.15) is 10.4 Å². The van der Waals surface area contributed by atoms with Crippen LogP contribution in [0.2, 0.25) is 0 Å². The van der Waals surface area contributed by atoms with Gasteiger partial charge in [0.25, 0.3) is 5.91 Å². The second-order valence-electron chi connectivity index (χ2n) is 5.28. The zero-order valence-electron chi connectivity index (χ0n) is 12.9. The molecule has 3 N–H and O–H groups in total. The third-order valence-electron chi connectivity index (χ3n) is 3.70. The van der Waals surface area contributed by atoms with Gasteiger partial charge in [0.1, 0.15) is 11.6 Å². The first-order valence-corrected chi connectivity index (χ1v) is 7.41. The Bertz CT molecular complexity index is 646. The highest BCUT2D eigenvalue weighted by Crippen LogP contribution is 2.14. The van der Waals surface area contributed by atoms with Gasteiger partial charge in [0, 0.05) is 32.2 Å². The molecule has 9 heteroatoms. The zero-order valence-corrected chi connectivity index (χ0v) is 12.9. The van der Waals surface area contributed by atoms with Crippen LogP contribution in [0.3, 0.4) is 0 Å². The van der Waals surface area contributed by atoms with Gasteiger partial charge in [-0.2, -0.15) is 0 Å². The number of nitrogens with one attached hydrogen (secondary N) is 1. The molecule has 130 valence electrons. The molecule has 0 unspecified atom stereocenters. The minimum Gasteiger partial charge on any atom is -0.346 e. The van der Waals surface area contributed by atoms with Crippen molar-refractivity contribution >= 4 is 17.7 Å². The van der Waals surface area contributed by atoms with Crippen molar-refractivity contribution in [3.05, 3.63) is 35.4 Å². The molecule has 1 heterocycles. The molecule has 0 aliphatic carbocycles. The number of carbonyl (C=O) groups is 3. The van der Waals surface area contributed by atoms with Crippen LogP contribution in [0.15, 0.2) is 18.2 Å². The van der Waals surface area contributed by atoms with Crippen molar-refractivity contribution in [3.8, 4) is 0 Å². The third-order valence-corrected chi connectivity index (χ3v) is 3.70. The molecule has 0 atom stereocenters. The maximum Gasteiger partial charge on any atom is 0.256 e. The highest BCUT2D eigenvalue weighted by molar-refractivity contribution is 5.94. The molecule has 1 aromatic carbocycles. The van der Waals surface area contributed by atoms with Crippen LogP contribution < -0.4 is 11.1 Å². The lowest BCUT2D eigenvalue weighted by molar-refractivity contribution is -0.133. The lowest BCUT2D eigenvalue weighted by Gasteiger charge is -2.34. The van der Waals surface area contributed by atoms with Crippen LogP contribution >= 0.6 is 0 Å². The molecule has 0 bridgehead atoms. The molecule has 1 aliphatic heterocycles. The number of piperazine rings is 1. The van der Waals surface area contributed by atoms with E-state index in [-0.39, 0.29) is 50.7 Å². The van der Waals surface area contributed by atoms with Crippen molar-refractivity contribution in [3.63, 3.8) is 0 Å². The summed E-state index contributed by atoms with van der Waals surface area (Å²) in [5.41, 5.74) is 4.93. The maximum atomic E-state index is 13.7. The smallest absolute Gasteiger partial charge is 0.256 e. The summed E-state index contributed by atoms with van der Waals surface area (Å²) < 4.78 is 26.6. The Balaban J connectivity index is 1.89. The van der Waals surface area contributed by atoms with Gasteiger partial charge in [0.05, 0.1) is 18.7 Å². The van der Waals surface area contributed by atoms with Crippen LogP contribution in [-0.2, 0) is 9.59 Å². The molecular formula is C15H18F2N4O3. The van der Waals surface area contributed by atoms with E-state index < -0.39 is 23.4 Å². The largest absolute Gasteiger partial charge is 0.346 e. The van der Waals surface area contributed by atoms with E-state index >= 15 is 0 Å². The molecule has 1 aliphatic rings. The van der Waals surface area contributed by atoms with Gasteiger partial charge in [0.15, 0.2) is 0 Å². The molecule has 2 rings (SSSR count). The molecule has 1 saturated heterocycles. The minimum absolute atomic E-state index is 0.156. The number of amides is 3. The van der Waals surface area contributed by atoms with E-state index in [1.807, 2.05) is 0 Å². The van der Waals surface area contributed by atoms with E-state index in [0.29, 0.717) is 6.07 Å². The van der Waals surface area contributed by atoms with Gasteiger partial charge in [-0.3, -0.25) is 14.4 Å². The second-order valence-corrected chi connectivity index (χ2v) is 5.28. The quantitative estimate of drug-likeness (QED) is 0.759. The zero-order chi connectivity index (χ0) is 17.7. The fraction of sp³-hybridized carbons (Fsp3) is 0.400. The first-order valence-electron chi connectivity index (χ1n) is 7.41. The molecule has 3 amide bonds. The van der Waals surface area contributed by atoms with Crippen molar-refractivity contribution in [1.82, 2.24) is 15.1 Å². The fourth-order valence-electron chi connectivity index (χ4n) is 2.35. The van der Waals surface area contributed by atoms with E-state index in [2.05, 4.69) is 5.32 Å². The summed E-state index contributed by atoms with van der Waals surface area (Å²) in [4.78, 5) is 38.1. The van der Waals surface area contributed by atoms with Gasteiger partial charge in [-0.15, -0.1) is 0 Å². The summed E-state index contributed by atoms with van der Waals surface area (Å²) in [6.45, 7) is 0.644. The molecule has 0 aromatic heterocycles. The predicted molar refractivity (Wildman–Crippen MR) is 80.9 cm³/mol. The number of benzene rings is 1. The first kappa shape index (κ1) is 17.8. The van der Waals surface area contributed by atoms with Gasteiger partial charge in [0.2, 0.25) is 11.8 Å². The summed E-state index contributed by atoms with van der Waals surface area (Å²) in [5.74, 6) is -2.92. The number of halogens is 2. The average molecular weight is 340 g/mol. The second kappa shape index (κ2) is 7.82. The van der Waals surface area contributed by atoms with E-state index in [1.54, 1.807) is 0 Å². The van der Waals surface area contributed by atoms with E-state index in [9.17, 15) is 23.2 Å². The summed E-state index contributed by atoms with van der Waals surface area (Å²) in [7, 11) is 0. The van der Waals surface area contributed by atoms with Crippen LogP contribution in [0.5, 0.6) is 0 Å². The summed E-state index contributed by atoms with van der Waals surface area (Å²) in [6.07, 6.45) is 0. The third kappa shape index (κ3) is 4.25. The SMILES string of the molecule is NCC(=O)NCC(=O)N1CCN(C(=O)c2ccc(F)cc2F)CC1. The summed E-state index contributed by atoms with van der Waals surface area (Å²) >= 11 is 0. The van der Waals surface area contributed by atoms with E-state index in [1.165, 1.54) is 9.80 Å². The number of nitrogens with two attached hydrogens (primary N) is 1. The normalized spacial score (nSPS) is 14.5. The molecular weight excluding hydrogens is 322 g/mol. The van der Waals surface area contributed by atoms with Gasteiger partial charge >= 0.3 is 0 Å². The van der Waals surface area contributed by atoms with E-state index in [0.717, 1.165) is 12.1 Å². The highest BCUT2D eigenvalue weighted by atomic mass is 19.1. The van der Waals surface area contributed by atoms with Crippen molar-refractivity contribution in [2.75, 3.05) is 39.3 Å². The Morgan fingerprint density at radius 1 is 1.08 bits per heavy atom. The number of carbonyl (C=O) groups excluding carboxylic acids is 3. The standard InChI is InChI=1S/C15H18F2N4O3/c16-10-1-2-11(12(17)7-10)15(24)21-5-3-20(4-6-21)14(23)9-19-13(22)8-18/h1-2,7H,3-6,8-9,18H2,(H,19,22). The lowest BCUT2D eigenvalue weighted by atomic mass is 10.1. The van der Waals surface area contributed by atoms with Gasteiger partial charge in [-0.1, -0.05) is 0 Å². The molecule has 1 fully saturated rings. The number of hydrogen-bond donors (Lipinski definition) is 2. The Hall–Kier alpha value is -2.55. The fourth-order valence-corrected chi connectivity index (χ4v) is 2.35. The minimum atomic E-state index is -0.914. The topological polar surface area (TPSA) is 95.7 Å². The monoisotopic (exact) mass is 340 g/mol. The maximum absolute atomic E-state index is 13.7. The van der Waals surface area contributed by atoms with Crippen molar-refractivity contribution in [1.29, 1.82) is 0 Å². The average Bonchev–Trinajstić information content (AvgIpc) is 2.59. The van der Waals surface area contributed by atoms with Gasteiger partial charge in [-0.05, 0) is 12.1 Å². The van der Waals surface area contributed by atoms with Gasteiger partial charge in [-0.25, -0.2) is 8.78 Å². The molecule has 0 saturated carbocycles. The molecule has 0 radical (unpaired) electrons. The Morgan fingerprint density at radius 3 is 2.29 bits per heavy atom. The summed E-state index contributed by atoms with van der Waals surface area (Å²) in [6, 6.07) is 2.79. The van der Waals surface area contributed by atoms with Crippen LogP contribution in [0, 0.1) is 11.6 Å². The van der Waals surface area contributed by atoms with Crippen molar-refractivity contribution in [2.24, 2.45) is 5.73 Å². The molecule has 1 aromatic rings. The first-order chi connectivity index (χ1) is 11.4. The highest BCUT2D eigenvalue weighted by Gasteiger charge is 2.26.